The van der Waals surface area contributed by atoms with Crippen molar-refractivity contribution >= 4 is 17.8 Å². The van der Waals surface area contributed by atoms with E-state index in [1.165, 1.54) is 4.90 Å². The van der Waals surface area contributed by atoms with Crippen LogP contribution < -0.4 is 11.1 Å². The maximum Gasteiger partial charge on any atom is 0.310 e. The van der Waals surface area contributed by atoms with Crippen LogP contribution in [0.4, 0.5) is 0 Å². The van der Waals surface area contributed by atoms with Crippen LogP contribution in [0.2, 0.25) is 0 Å². The first-order valence-electron chi connectivity index (χ1n) is 7.71. The summed E-state index contributed by atoms with van der Waals surface area (Å²) >= 11 is 0. The molecule has 2 rings (SSSR count). The van der Waals surface area contributed by atoms with Crippen molar-refractivity contribution in [3.63, 3.8) is 0 Å². The predicted octanol–water partition coefficient (Wildman–Crippen LogP) is -0.713. The number of cyclic esters (lactones) is 1. The van der Waals surface area contributed by atoms with Crippen molar-refractivity contribution in [1.29, 1.82) is 0 Å². The van der Waals surface area contributed by atoms with Gasteiger partial charge in [-0.1, -0.05) is 11.6 Å². The summed E-state index contributed by atoms with van der Waals surface area (Å²) in [5.74, 6) is -1.04. The zero-order valence-corrected chi connectivity index (χ0v) is 13.4. The zero-order chi connectivity index (χ0) is 17.0. The van der Waals surface area contributed by atoms with Crippen LogP contribution in [-0.4, -0.2) is 60.8 Å². The Bertz CT molecular complexity index is 519. The summed E-state index contributed by atoms with van der Waals surface area (Å²) < 4.78 is 10.3. The second-order valence-electron chi connectivity index (χ2n) is 5.78. The first-order chi connectivity index (χ1) is 10.9. The van der Waals surface area contributed by atoms with E-state index in [0.717, 1.165) is 5.57 Å². The minimum absolute atomic E-state index is 0.0583. The Morgan fingerprint density at radius 2 is 2.26 bits per heavy atom. The zero-order valence-electron chi connectivity index (χ0n) is 13.4. The molecule has 0 bridgehead atoms. The van der Waals surface area contributed by atoms with Gasteiger partial charge in [-0.15, -0.1) is 0 Å². The highest BCUT2D eigenvalue weighted by Gasteiger charge is 2.37. The molecule has 8 heteroatoms. The average Bonchev–Trinajstić information content (AvgIpc) is 2.77. The Morgan fingerprint density at radius 3 is 2.96 bits per heavy atom. The van der Waals surface area contributed by atoms with E-state index in [1.807, 2.05) is 13.0 Å². The first kappa shape index (κ1) is 17.4. The third-order valence-corrected chi connectivity index (χ3v) is 3.76. The molecule has 2 aliphatic heterocycles. The van der Waals surface area contributed by atoms with Gasteiger partial charge in [0.1, 0.15) is 6.04 Å². The van der Waals surface area contributed by atoms with Gasteiger partial charge in [-0.2, -0.15) is 0 Å². The third-order valence-electron chi connectivity index (χ3n) is 3.76. The van der Waals surface area contributed by atoms with Crippen LogP contribution in [0, 0.1) is 0 Å². The Morgan fingerprint density at radius 1 is 1.52 bits per heavy atom. The minimum Gasteiger partial charge on any atom is -0.433 e. The van der Waals surface area contributed by atoms with Crippen molar-refractivity contribution < 1.29 is 23.9 Å². The smallest absolute Gasteiger partial charge is 0.310 e. The number of carbonyl (C=O) groups excluding carboxylic acids is 3. The van der Waals surface area contributed by atoms with Gasteiger partial charge in [0.15, 0.2) is 0 Å². The maximum absolute atomic E-state index is 12.2. The number of rotatable bonds is 5. The second kappa shape index (κ2) is 7.56. The van der Waals surface area contributed by atoms with Crippen LogP contribution >= 0.6 is 0 Å². The van der Waals surface area contributed by atoms with Gasteiger partial charge in [-0.05, 0) is 20.3 Å². The molecule has 0 radical (unpaired) electrons. The largest absolute Gasteiger partial charge is 0.433 e. The molecule has 0 aliphatic carbocycles. The highest BCUT2D eigenvalue weighted by molar-refractivity contribution is 5.88. The van der Waals surface area contributed by atoms with Gasteiger partial charge in [-0.25, -0.2) is 0 Å². The normalized spacial score (nSPS) is 28.2. The van der Waals surface area contributed by atoms with Crippen molar-refractivity contribution in [1.82, 2.24) is 10.2 Å². The molecule has 0 saturated carbocycles. The lowest BCUT2D eigenvalue weighted by molar-refractivity contribution is -0.164. The third kappa shape index (κ3) is 4.52. The molecule has 0 aromatic rings. The van der Waals surface area contributed by atoms with E-state index in [1.54, 1.807) is 6.92 Å². The van der Waals surface area contributed by atoms with E-state index in [4.69, 9.17) is 15.2 Å². The van der Waals surface area contributed by atoms with E-state index >= 15 is 0 Å². The highest BCUT2D eigenvalue weighted by Crippen LogP contribution is 2.16. The molecule has 0 aromatic heterocycles. The molecule has 2 amide bonds. The van der Waals surface area contributed by atoms with E-state index in [-0.39, 0.29) is 24.8 Å². The molecule has 128 valence electrons. The summed E-state index contributed by atoms with van der Waals surface area (Å²) in [6, 6.07) is -1.17. The number of nitrogens with two attached hydrogens (primary N) is 1. The lowest BCUT2D eigenvalue weighted by Gasteiger charge is -2.24. The Labute approximate surface area is 135 Å². The van der Waals surface area contributed by atoms with Crippen LogP contribution in [0.1, 0.15) is 26.7 Å². The molecule has 0 spiro atoms. The quantitative estimate of drug-likeness (QED) is 0.510. The topological polar surface area (TPSA) is 111 Å². The fourth-order valence-corrected chi connectivity index (χ4v) is 2.64. The van der Waals surface area contributed by atoms with Crippen LogP contribution in [-0.2, 0) is 23.9 Å². The summed E-state index contributed by atoms with van der Waals surface area (Å²) in [7, 11) is 0. The monoisotopic (exact) mass is 325 g/mol. The molecule has 3 atom stereocenters. The van der Waals surface area contributed by atoms with E-state index in [0.29, 0.717) is 19.6 Å². The summed E-state index contributed by atoms with van der Waals surface area (Å²) in [4.78, 5) is 37.1. The predicted molar refractivity (Wildman–Crippen MR) is 81.0 cm³/mol. The average molecular weight is 325 g/mol. The SMILES string of the molecule is CCOC1OC(=O)CC1NC(=O)CN1CC(C)=CCC(N)C1=O. The van der Waals surface area contributed by atoms with Crippen molar-refractivity contribution in [2.24, 2.45) is 5.73 Å². The van der Waals surface area contributed by atoms with Gasteiger partial charge in [0.2, 0.25) is 18.1 Å². The van der Waals surface area contributed by atoms with Crippen LogP contribution in [0.3, 0.4) is 0 Å². The van der Waals surface area contributed by atoms with Gasteiger partial charge in [-0.3, -0.25) is 14.4 Å². The number of amides is 2. The van der Waals surface area contributed by atoms with E-state index < -0.39 is 24.3 Å². The number of hydrogen-bond donors (Lipinski definition) is 2. The van der Waals surface area contributed by atoms with Gasteiger partial charge in [0, 0.05) is 13.2 Å². The Balaban J connectivity index is 1.94. The number of nitrogens with one attached hydrogen (secondary N) is 1. The standard InChI is InChI=1S/C15H23N3O5/c1-3-22-15-11(6-13(20)23-15)17-12(19)8-18-7-9(2)4-5-10(16)14(18)21/h4,10-11,15H,3,5-8,16H2,1-2H3,(H,17,19). The van der Waals surface area contributed by atoms with Gasteiger partial charge in [0.05, 0.1) is 19.0 Å². The van der Waals surface area contributed by atoms with E-state index in [9.17, 15) is 14.4 Å². The fraction of sp³-hybridized carbons (Fsp3) is 0.667. The number of carbonyl (C=O) groups is 3. The Hall–Kier alpha value is -1.93. The molecule has 0 aromatic carbocycles. The summed E-state index contributed by atoms with van der Waals surface area (Å²) in [6.45, 7) is 4.30. The summed E-state index contributed by atoms with van der Waals surface area (Å²) in [5.41, 5.74) is 6.79. The minimum atomic E-state index is -0.778. The lowest BCUT2D eigenvalue weighted by atomic mass is 10.2. The van der Waals surface area contributed by atoms with Crippen molar-refractivity contribution in [2.45, 2.75) is 45.1 Å². The maximum atomic E-state index is 12.2. The molecule has 8 nitrogen and oxygen atoms in total. The molecule has 3 unspecified atom stereocenters. The van der Waals surface area contributed by atoms with Crippen molar-refractivity contribution in [3.05, 3.63) is 11.6 Å². The molecule has 1 fully saturated rings. The van der Waals surface area contributed by atoms with Crippen LogP contribution in [0.15, 0.2) is 11.6 Å². The molecule has 1 saturated heterocycles. The number of nitrogens with zero attached hydrogens (tertiary/aromatic N) is 1. The second-order valence-corrected chi connectivity index (χ2v) is 5.78. The molecular formula is C15H23N3O5. The lowest BCUT2D eigenvalue weighted by Crippen LogP contribution is -2.50. The van der Waals surface area contributed by atoms with Crippen LogP contribution in [0.5, 0.6) is 0 Å². The fourth-order valence-electron chi connectivity index (χ4n) is 2.64. The molecule has 2 aliphatic rings. The van der Waals surface area contributed by atoms with Crippen LogP contribution in [0.25, 0.3) is 0 Å². The van der Waals surface area contributed by atoms with Gasteiger partial charge >= 0.3 is 5.97 Å². The number of hydrogen-bond acceptors (Lipinski definition) is 6. The van der Waals surface area contributed by atoms with Crippen molar-refractivity contribution in [3.8, 4) is 0 Å². The molecule has 2 heterocycles. The molecule has 23 heavy (non-hydrogen) atoms. The highest BCUT2D eigenvalue weighted by atomic mass is 16.7. The van der Waals surface area contributed by atoms with Gasteiger partial charge < -0.3 is 25.4 Å². The van der Waals surface area contributed by atoms with E-state index in [2.05, 4.69) is 5.32 Å². The molecular weight excluding hydrogens is 302 g/mol. The number of ether oxygens (including phenoxy) is 2. The number of esters is 1. The molecule has 3 N–H and O–H groups in total. The summed E-state index contributed by atoms with van der Waals surface area (Å²) in [6.07, 6.45) is 1.66. The summed E-state index contributed by atoms with van der Waals surface area (Å²) in [5, 5.41) is 2.70. The Kier molecular flexibility index (Phi) is 5.73. The van der Waals surface area contributed by atoms with Gasteiger partial charge in [0.25, 0.3) is 0 Å². The first-order valence-corrected chi connectivity index (χ1v) is 7.71. The van der Waals surface area contributed by atoms with Crippen molar-refractivity contribution in [2.75, 3.05) is 19.7 Å².